The lowest BCUT2D eigenvalue weighted by atomic mass is 10.1. The molecule has 6 nitrogen and oxygen atoms in total. The van der Waals surface area contributed by atoms with Crippen molar-refractivity contribution < 1.29 is 4.74 Å². The van der Waals surface area contributed by atoms with Gasteiger partial charge >= 0.3 is 6.01 Å². The van der Waals surface area contributed by atoms with Crippen molar-refractivity contribution in [1.82, 2.24) is 15.0 Å². The van der Waals surface area contributed by atoms with Crippen molar-refractivity contribution >= 4 is 11.9 Å². The van der Waals surface area contributed by atoms with Crippen molar-refractivity contribution in [2.75, 3.05) is 23.8 Å². The van der Waals surface area contributed by atoms with E-state index in [-0.39, 0.29) is 0 Å². The summed E-state index contributed by atoms with van der Waals surface area (Å²) in [5, 5.41) is 6.47. The predicted octanol–water partition coefficient (Wildman–Crippen LogP) is 3.08. The standard InChI is InChI=1S/C14H27N5O/c1-5-9-11(7-3)16-13-17-12(15-8-4)18-14(19-13)20-10-6-2/h11H,5-10H2,1-4H3,(H2,15,16,17,18,19). The molecule has 0 amide bonds. The maximum Gasteiger partial charge on any atom is 0.323 e. The topological polar surface area (TPSA) is 72.0 Å². The van der Waals surface area contributed by atoms with Gasteiger partial charge in [0, 0.05) is 12.6 Å². The smallest absolute Gasteiger partial charge is 0.323 e. The Morgan fingerprint density at radius 3 is 2.35 bits per heavy atom. The van der Waals surface area contributed by atoms with Crippen LogP contribution in [0.2, 0.25) is 0 Å². The molecule has 0 aliphatic carbocycles. The molecular formula is C14H27N5O. The van der Waals surface area contributed by atoms with Crippen molar-refractivity contribution in [2.24, 2.45) is 0 Å². The molecule has 0 aliphatic heterocycles. The first kappa shape index (κ1) is 16.5. The second kappa shape index (κ2) is 9.34. The van der Waals surface area contributed by atoms with Gasteiger partial charge in [0.05, 0.1) is 6.61 Å². The summed E-state index contributed by atoms with van der Waals surface area (Å²) in [7, 11) is 0. The van der Waals surface area contributed by atoms with E-state index in [2.05, 4.69) is 46.4 Å². The Morgan fingerprint density at radius 1 is 1.00 bits per heavy atom. The van der Waals surface area contributed by atoms with Crippen LogP contribution >= 0.6 is 0 Å². The van der Waals surface area contributed by atoms with E-state index in [1.807, 2.05) is 6.92 Å². The molecule has 1 aromatic rings. The van der Waals surface area contributed by atoms with E-state index in [1.54, 1.807) is 0 Å². The molecule has 1 heterocycles. The second-order valence-electron chi connectivity index (χ2n) is 4.68. The van der Waals surface area contributed by atoms with Gasteiger partial charge < -0.3 is 15.4 Å². The van der Waals surface area contributed by atoms with Crippen LogP contribution in [0.3, 0.4) is 0 Å². The highest BCUT2D eigenvalue weighted by Gasteiger charge is 2.11. The van der Waals surface area contributed by atoms with Gasteiger partial charge in [0.25, 0.3) is 0 Å². The molecule has 114 valence electrons. The molecule has 0 bridgehead atoms. The van der Waals surface area contributed by atoms with E-state index in [0.717, 1.165) is 32.2 Å². The Balaban J connectivity index is 2.83. The average Bonchev–Trinajstić information content (AvgIpc) is 2.45. The molecule has 20 heavy (non-hydrogen) atoms. The number of anilines is 2. The number of hydrogen-bond acceptors (Lipinski definition) is 6. The van der Waals surface area contributed by atoms with Crippen LogP contribution in [-0.2, 0) is 0 Å². The zero-order valence-electron chi connectivity index (χ0n) is 13.1. The molecule has 0 saturated carbocycles. The number of rotatable bonds is 10. The maximum atomic E-state index is 5.52. The molecule has 0 spiro atoms. The number of nitrogens with zero attached hydrogens (tertiary/aromatic N) is 3. The molecule has 2 N–H and O–H groups in total. The Kier molecular flexibility index (Phi) is 7.69. The van der Waals surface area contributed by atoms with Crippen LogP contribution in [0.4, 0.5) is 11.9 Å². The molecule has 1 rings (SSSR count). The van der Waals surface area contributed by atoms with Crippen molar-refractivity contribution in [3.63, 3.8) is 0 Å². The van der Waals surface area contributed by atoms with E-state index in [1.165, 1.54) is 0 Å². The van der Waals surface area contributed by atoms with E-state index in [0.29, 0.717) is 30.6 Å². The highest BCUT2D eigenvalue weighted by atomic mass is 16.5. The Hall–Kier alpha value is -1.59. The van der Waals surface area contributed by atoms with E-state index in [4.69, 9.17) is 4.74 Å². The number of aromatic nitrogens is 3. The first-order valence-corrected chi connectivity index (χ1v) is 7.62. The lowest BCUT2D eigenvalue weighted by Crippen LogP contribution is -2.21. The summed E-state index contributed by atoms with van der Waals surface area (Å²) < 4.78 is 5.52. The fraction of sp³-hybridized carbons (Fsp3) is 0.786. The minimum absolute atomic E-state index is 0.381. The van der Waals surface area contributed by atoms with Crippen LogP contribution in [0.1, 0.15) is 53.4 Å². The number of ether oxygens (including phenoxy) is 1. The third-order valence-corrected chi connectivity index (χ3v) is 2.85. The summed E-state index contributed by atoms with van der Waals surface area (Å²) in [4.78, 5) is 12.9. The molecule has 0 aliphatic rings. The molecular weight excluding hydrogens is 254 g/mol. The van der Waals surface area contributed by atoms with Crippen LogP contribution in [0, 0.1) is 0 Å². The van der Waals surface area contributed by atoms with Crippen LogP contribution in [0.25, 0.3) is 0 Å². The molecule has 1 aromatic heterocycles. The van der Waals surface area contributed by atoms with Crippen LogP contribution < -0.4 is 15.4 Å². The normalized spacial score (nSPS) is 12.0. The molecule has 0 fully saturated rings. The van der Waals surface area contributed by atoms with E-state index in [9.17, 15) is 0 Å². The number of hydrogen-bond donors (Lipinski definition) is 2. The zero-order chi connectivity index (χ0) is 14.8. The van der Waals surface area contributed by atoms with Gasteiger partial charge in [-0.1, -0.05) is 27.2 Å². The fourth-order valence-corrected chi connectivity index (χ4v) is 1.83. The van der Waals surface area contributed by atoms with Crippen molar-refractivity contribution in [3.05, 3.63) is 0 Å². The van der Waals surface area contributed by atoms with Crippen LogP contribution in [0.15, 0.2) is 0 Å². The van der Waals surface area contributed by atoms with Gasteiger partial charge in [-0.05, 0) is 26.2 Å². The fourth-order valence-electron chi connectivity index (χ4n) is 1.83. The first-order chi connectivity index (χ1) is 9.73. The van der Waals surface area contributed by atoms with E-state index >= 15 is 0 Å². The Bertz CT molecular complexity index is 386. The average molecular weight is 281 g/mol. The molecule has 6 heteroatoms. The third kappa shape index (κ3) is 5.59. The molecule has 0 radical (unpaired) electrons. The summed E-state index contributed by atoms with van der Waals surface area (Å²) in [5.74, 6) is 1.14. The quantitative estimate of drug-likeness (QED) is 0.686. The minimum atomic E-state index is 0.381. The second-order valence-corrected chi connectivity index (χ2v) is 4.68. The van der Waals surface area contributed by atoms with Gasteiger partial charge in [-0.2, -0.15) is 15.0 Å². The summed E-state index contributed by atoms with van der Waals surface area (Å²) in [6.45, 7) is 9.78. The highest BCUT2D eigenvalue weighted by Crippen LogP contribution is 2.14. The van der Waals surface area contributed by atoms with Gasteiger partial charge in [0.1, 0.15) is 0 Å². The van der Waals surface area contributed by atoms with Gasteiger partial charge in [0.15, 0.2) is 0 Å². The predicted molar refractivity (Wildman–Crippen MR) is 82.4 cm³/mol. The lowest BCUT2D eigenvalue weighted by molar-refractivity contribution is 0.292. The van der Waals surface area contributed by atoms with Gasteiger partial charge in [-0.15, -0.1) is 0 Å². The number of nitrogens with one attached hydrogen (secondary N) is 2. The zero-order valence-corrected chi connectivity index (χ0v) is 13.1. The summed E-state index contributed by atoms with van der Waals surface area (Å²) in [6, 6.07) is 0.766. The Morgan fingerprint density at radius 2 is 1.75 bits per heavy atom. The van der Waals surface area contributed by atoms with Crippen molar-refractivity contribution in [2.45, 2.75) is 59.4 Å². The van der Waals surface area contributed by atoms with Gasteiger partial charge in [-0.3, -0.25) is 0 Å². The van der Waals surface area contributed by atoms with Crippen molar-refractivity contribution in [3.8, 4) is 6.01 Å². The minimum Gasteiger partial charge on any atom is -0.463 e. The third-order valence-electron chi connectivity index (χ3n) is 2.85. The highest BCUT2D eigenvalue weighted by molar-refractivity contribution is 5.36. The molecule has 0 saturated heterocycles. The van der Waals surface area contributed by atoms with E-state index < -0.39 is 0 Å². The van der Waals surface area contributed by atoms with Gasteiger partial charge in [-0.25, -0.2) is 0 Å². The molecule has 1 atom stereocenters. The van der Waals surface area contributed by atoms with Crippen LogP contribution in [0.5, 0.6) is 6.01 Å². The molecule has 1 unspecified atom stereocenters. The maximum absolute atomic E-state index is 5.52. The largest absolute Gasteiger partial charge is 0.463 e. The summed E-state index contributed by atoms with van der Waals surface area (Å²) >= 11 is 0. The van der Waals surface area contributed by atoms with Crippen LogP contribution in [-0.4, -0.2) is 34.1 Å². The summed E-state index contributed by atoms with van der Waals surface area (Å²) in [6.07, 6.45) is 4.21. The monoisotopic (exact) mass is 281 g/mol. The first-order valence-electron chi connectivity index (χ1n) is 7.62. The SMILES string of the molecule is CCCOc1nc(NCC)nc(NC(CC)CCC)n1. The van der Waals surface area contributed by atoms with Gasteiger partial charge in [0.2, 0.25) is 11.9 Å². The van der Waals surface area contributed by atoms with Crippen molar-refractivity contribution in [1.29, 1.82) is 0 Å². The lowest BCUT2D eigenvalue weighted by Gasteiger charge is -2.16. The Labute approximate surface area is 121 Å². The molecule has 0 aromatic carbocycles. The summed E-state index contributed by atoms with van der Waals surface area (Å²) in [5.41, 5.74) is 0.